The van der Waals surface area contributed by atoms with Crippen molar-refractivity contribution in [2.45, 2.75) is 19.9 Å². The second-order valence-electron chi connectivity index (χ2n) is 6.84. The van der Waals surface area contributed by atoms with E-state index < -0.39 is 0 Å². The van der Waals surface area contributed by atoms with E-state index in [0.29, 0.717) is 28.9 Å². The molecule has 2 heterocycles. The van der Waals surface area contributed by atoms with Crippen molar-refractivity contribution >= 4 is 22.9 Å². The number of nitrogens with zero attached hydrogens (tertiary/aromatic N) is 3. The van der Waals surface area contributed by atoms with Crippen LogP contribution in [0.4, 0.5) is 4.39 Å². The summed E-state index contributed by atoms with van der Waals surface area (Å²) in [6.45, 7) is 4.69. The molecule has 0 saturated carbocycles. The van der Waals surface area contributed by atoms with E-state index in [1.807, 2.05) is 43.0 Å². The van der Waals surface area contributed by atoms with Gasteiger partial charge in [0.15, 0.2) is 5.11 Å². The summed E-state index contributed by atoms with van der Waals surface area (Å²) in [5, 5.41) is 8.08. The molecule has 1 aliphatic rings. The van der Waals surface area contributed by atoms with Gasteiger partial charge in [-0.3, -0.25) is 0 Å². The molecule has 0 bridgehead atoms. The first-order valence-corrected chi connectivity index (χ1v) is 9.95. The molecule has 3 aromatic rings. The van der Waals surface area contributed by atoms with Crippen LogP contribution < -0.4 is 10.1 Å². The Morgan fingerprint density at radius 1 is 1.23 bits per heavy atom. The molecular weight excluding hydrogens is 403 g/mol. The molecule has 1 atom stereocenters. The van der Waals surface area contributed by atoms with Gasteiger partial charge in [-0.1, -0.05) is 29.4 Å². The smallest absolute Gasteiger partial charge is 0.258 e. The second-order valence-corrected chi connectivity index (χ2v) is 7.22. The Kier molecular flexibility index (Phi) is 5.50. The van der Waals surface area contributed by atoms with Crippen LogP contribution in [-0.4, -0.2) is 33.8 Å². The third kappa shape index (κ3) is 3.66. The van der Waals surface area contributed by atoms with Crippen LogP contribution in [0.15, 0.2) is 58.8 Å². The van der Waals surface area contributed by atoms with Crippen molar-refractivity contribution in [1.82, 2.24) is 20.4 Å². The number of methoxy groups -OCH3 is 1. The van der Waals surface area contributed by atoms with E-state index in [-0.39, 0.29) is 11.9 Å². The fourth-order valence-electron chi connectivity index (χ4n) is 3.59. The van der Waals surface area contributed by atoms with Gasteiger partial charge in [0.05, 0.1) is 18.7 Å². The molecular formula is C22H21FN4O2S. The summed E-state index contributed by atoms with van der Waals surface area (Å²) in [7, 11) is 1.63. The summed E-state index contributed by atoms with van der Waals surface area (Å²) in [5.74, 6) is 1.06. The number of nitrogens with one attached hydrogen (secondary N) is 1. The summed E-state index contributed by atoms with van der Waals surface area (Å²) in [5.41, 5.74) is 3.23. The first kappa shape index (κ1) is 20.0. The van der Waals surface area contributed by atoms with Crippen molar-refractivity contribution in [2.75, 3.05) is 13.7 Å². The van der Waals surface area contributed by atoms with Crippen molar-refractivity contribution < 1.29 is 13.7 Å². The molecule has 1 unspecified atom stereocenters. The Morgan fingerprint density at radius 2 is 2.03 bits per heavy atom. The number of ether oxygens (including phenoxy) is 1. The summed E-state index contributed by atoms with van der Waals surface area (Å²) in [6.07, 6.45) is 0. The highest BCUT2D eigenvalue weighted by Gasteiger charge is 2.33. The minimum atomic E-state index is -0.356. The third-order valence-corrected chi connectivity index (χ3v) is 5.42. The number of benzene rings is 2. The van der Waals surface area contributed by atoms with Gasteiger partial charge >= 0.3 is 0 Å². The largest absolute Gasteiger partial charge is 0.497 e. The molecule has 1 aromatic heterocycles. The lowest BCUT2D eigenvalue weighted by atomic mass is 9.94. The first-order valence-electron chi connectivity index (χ1n) is 9.54. The molecule has 6 nitrogen and oxygen atoms in total. The first-order chi connectivity index (χ1) is 14.5. The van der Waals surface area contributed by atoms with Crippen molar-refractivity contribution in [1.29, 1.82) is 0 Å². The van der Waals surface area contributed by atoms with Gasteiger partial charge in [0.2, 0.25) is 5.82 Å². The van der Waals surface area contributed by atoms with Crippen LogP contribution in [0.2, 0.25) is 0 Å². The van der Waals surface area contributed by atoms with Gasteiger partial charge in [0, 0.05) is 17.8 Å². The Labute approximate surface area is 179 Å². The van der Waals surface area contributed by atoms with E-state index in [1.165, 1.54) is 12.1 Å². The molecule has 0 amide bonds. The molecule has 2 aromatic carbocycles. The van der Waals surface area contributed by atoms with Crippen LogP contribution in [0.1, 0.15) is 31.3 Å². The molecule has 154 valence electrons. The van der Waals surface area contributed by atoms with Gasteiger partial charge in [-0.05, 0) is 55.9 Å². The van der Waals surface area contributed by atoms with Crippen LogP contribution in [0, 0.1) is 5.82 Å². The van der Waals surface area contributed by atoms with Crippen LogP contribution in [0.5, 0.6) is 5.75 Å². The van der Waals surface area contributed by atoms with Crippen LogP contribution in [0.25, 0.3) is 17.0 Å². The van der Waals surface area contributed by atoms with E-state index in [4.69, 9.17) is 21.5 Å². The maximum Gasteiger partial charge on any atom is 0.258 e. The molecule has 0 radical (unpaired) electrons. The zero-order valence-corrected chi connectivity index (χ0v) is 17.7. The fourth-order valence-corrected chi connectivity index (χ4v) is 3.97. The SMILES string of the molecule is CCN1C(=S)NC(c2cccc(OC)c2)C(c2nc(-c3cccc(F)c3)no2)=C1C. The minimum Gasteiger partial charge on any atom is -0.497 e. The molecule has 0 spiro atoms. The van der Waals surface area contributed by atoms with E-state index in [1.54, 1.807) is 19.2 Å². The predicted octanol–water partition coefficient (Wildman–Crippen LogP) is 4.57. The monoisotopic (exact) mass is 424 g/mol. The molecule has 4 rings (SSSR count). The molecule has 1 aliphatic heterocycles. The number of rotatable bonds is 5. The molecule has 0 aliphatic carbocycles. The number of hydrogen-bond acceptors (Lipinski definition) is 5. The van der Waals surface area contributed by atoms with Crippen molar-refractivity contribution in [3.8, 4) is 17.1 Å². The van der Waals surface area contributed by atoms with Crippen molar-refractivity contribution in [3.63, 3.8) is 0 Å². The lowest BCUT2D eigenvalue weighted by Gasteiger charge is -2.36. The van der Waals surface area contributed by atoms with Gasteiger partial charge < -0.3 is 19.5 Å². The maximum atomic E-state index is 13.6. The van der Waals surface area contributed by atoms with Crippen LogP contribution in [-0.2, 0) is 0 Å². The van der Waals surface area contributed by atoms with Crippen molar-refractivity contribution in [2.24, 2.45) is 0 Å². The molecule has 8 heteroatoms. The van der Waals surface area contributed by atoms with Gasteiger partial charge in [-0.15, -0.1) is 0 Å². The summed E-state index contributed by atoms with van der Waals surface area (Å²) in [6, 6.07) is 13.5. The highest BCUT2D eigenvalue weighted by atomic mass is 32.1. The zero-order valence-electron chi connectivity index (χ0n) is 16.8. The summed E-state index contributed by atoms with van der Waals surface area (Å²) >= 11 is 5.58. The minimum absolute atomic E-state index is 0.295. The number of allylic oxidation sites excluding steroid dienone is 1. The van der Waals surface area contributed by atoms with Gasteiger partial charge in [-0.2, -0.15) is 4.98 Å². The Hall–Kier alpha value is -3.26. The van der Waals surface area contributed by atoms with E-state index >= 15 is 0 Å². The van der Waals surface area contributed by atoms with Gasteiger partial charge in [0.1, 0.15) is 11.6 Å². The molecule has 0 fully saturated rings. The Bertz CT molecular complexity index is 1130. The van der Waals surface area contributed by atoms with E-state index in [0.717, 1.165) is 22.6 Å². The second kappa shape index (κ2) is 8.23. The molecule has 30 heavy (non-hydrogen) atoms. The third-order valence-electron chi connectivity index (χ3n) is 5.08. The molecule has 1 N–H and O–H groups in total. The maximum absolute atomic E-state index is 13.6. The molecule has 0 saturated heterocycles. The summed E-state index contributed by atoms with van der Waals surface area (Å²) < 4.78 is 24.6. The topological polar surface area (TPSA) is 63.4 Å². The lowest BCUT2D eigenvalue weighted by Crippen LogP contribution is -2.45. The van der Waals surface area contributed by atoms with Gasteiger partial charge in [0.25, 0.3) is 5.89 Å². The number of halogens is 1. The average Bonchev–Trinajstić information content (AvgIpc) is 3.23. The number of hydrogen-bond donors (Lipinski definition) is 1. The van der Waals surface area contributed by atoms with Gasteiger partial charge in [-0.25, -0.2) is 4.39 Å². The number of thiocarbonyl (C=S) groups is 1. The normalized spacial score (nSPS) is 16.6. The predicted molar refractivity (Wildman–Crippen MR) is 116 cm³/mol. The van der Waals surface area contributed by atoms with E-state index in [9.17, 15) is 4.39 Å². The Morgan fingerprint density at radius 3 is 2.77 bits per heavy atom. The standard InChI is InChI=1S/C22H21FN4O2S/c1-4-27-13(2)18(19(24-22(27)30)14-7-6-10-17(12-14)28-3)21-25-20(26-29-21)15-8-5-9-16(23)11-15/h5-12,19H,4H2,1-3H3,(H,24,30). The fraction of sp³-hybridized carbons (Fsp3) is 0.227. The highest BCUT2D eigenvalue weighted by molar-refractivity contribution is 7.80. The quantitative estimate of drug-likeness (QED) is 0.602. The zero-order chi connectivity index (χ0) is 21.3. The van der Waals surface area contributed by atoms with Crippen molar-refractivity contribution in [3.05, 3.63) is 71.5 Å². The lowest BCUT2D eigenvalue weighted by molar-refractivity contribution is 0.397. The number of aromatic nitrogens is 2. The highest BCUT2D eigenvalue weighted by Crippen LogP contribution is 2.38. The van der Waals surface area contributed by atoms with E-state index in [2.05, 4.69) is 15.5 Å². The Balaban J connectivity index is 1.82. The van der Waals surface area contributed by atoms with Crippen LogP contribution in [0.3, 0.4) is 0 Å². The summed E-state index contributed by atoms with van der Waals surface area (Å²) in [4.78, 5) is 6.54. The van der Waals surface area contributed by atoms with Crippen LogP contribution >= 0.6 is 12.2 Å². The average molecular weight is 425 g/mol.